The van der Waals surface area contributed by atoms with E-state index < -0.39 is 30.0 Å². The van der Waals surface area contributed by atoms with Gasteiger partial charge >= 0.3 is 11.7 Å². The Hall–Kier alpha value is -3.95. The minimum atomic E-state index is -1.12. The summed E-state index contributed by atoms with van der Waals surface area (Å²) in [7, 11) is 0. The van der Waals surface area contributed by atoms with Gasteiger partial charge in [0, 0.05) is 11.6 Å². The molecule has 0 heterocycles. The molecule has 2 rings (SSSR count). The number of hydrogen-bond donors (Lipinski definition) is 2. The molecule has 140 valence electrons. The quantitative estimate of drug-likeness (QED) is 0.386. The van der Waals surface area contributed by atoms with E-state index in [0.717, 1.165) is 0 Å². The van der Waals surface area contributed by atoms with Gasteiger partial charge in [-0.05, 0) is 18.2 Å². The molecule has 10 nitrogen and oxygen atoms in total. The van der Waals surface area contributed by atoms with Crippen LogP contribution in [0.25, 0.3) is 0 Å². The van der Waals surface area contributed by atoms with Crippen molar-refractivity contribution in [2.24, 2.45) is 5.10 Å². The first-order chi connectivity index (χ1) is 13.0. The fraction of sp³-hybridized carbons (Fsp3) is 0.118. The second-order valence-electron chi connectivity index (χ2n) is 5.03. The van der Waals surface area contributed by atoms with Crippen LogP contribution < -0.4 is 14.9 Å². The highest BCUT2D eigenvalue weighted by Crippen LogP contribution is 2.25. The molecule has 0 unspecified atom stereocenters. The molecule has 0 aliphatic heterocycles. The number of rotatable bonds is 9. The summed E-state index contributed by atoms with van der Waals surface area (Å²) < 4.78 is 10.2. The van der Waals surface area contributed by atoms with Crippen molar-refractivity contribution < 1.29 is 29.1 Å². The van der Waals surface area contributed by atoms with Crippen LogP contribution in [0.15, 0.2) is 53.6 Å². The molecule has 0 fully saturated rings. The maximum Gasteiger partial charge on any atom is 0.341 e. The highest BCUT2D eigenvalue weighted by atomic mass is 16.6. The van der Waals surface area contributed by atoms with Crippen molar-refractivity contribution in [1.29, 1.82) is 0 Å². The van der Waals surface area contributed by atoms with E-state index in [-0.39, 0.29) is 17.2 Å². The third kappa shape index (κ3) is 6.12. The van der Waals surface area contributed by atoms with Gasteiger partial charge in [-0.1, -0.05) is 24.3 Å². The van der Waals surface area contributed by atoms with E-state index in [2.05, 4.69) is 10.5 Å². The summed E-state index contributed by atoms with van der Waals surface area (Å²) in [5.74, 6) is -1.50. The van der Waals surface area contributed by atoms with Gasteiger partial charge in [-0.3, -0.25) is 14.9 Å². The molecule has 0 atom stereocenters. The summed E-state index contributed by atoms with van der Waals surface area (Å²) in [6.45, 7) is -0.986. The van der Waals surface area contributed by atoms with E-state index in [1.54, 1.807) is 30.3 Å². The number of nitrogens with zero attached hydrogens (tertiary/aromatic N) is 2. The molecule has 0 aliphatic rings. The van der Waals surface area contributed by atoms with Crippen LogP contribution in [0.4, 0.5) is 5.69 Å². The number of carbonyl (C=O) groups excluding carboxylic acids is 1. The van der Waals surface area contributed by atoms with Crippen molar-refractivity contribution in [3.05, 3.63) is 64.2 Å². The summed E-state index contributed by atoms with van der Waals surface area (Å²) in [5, 5.41) is 23.3. The van der Waals surface area contributed by atoms with E-state index >= 15 is 0 Å². The van der Waals surface area contributed by atoms with Gasteiger partial charge in [0.1, 0.15) is 5.75 Å². The molecule has 0 saturated heterocycles. The lowest BCUT2D eigenvalue weighted by atomic mass is 10.2. The van der Waals surface area contributed by atoms with Gasteiger partial charge in [0.2, 0.25) is 0 Å². The lowest BCUT2D eigenvalue weighted by Gasteiger charge is -2.07. The van der Waals surface area contributed by atoms with Crippen LogP contribution in [0.5, 0.6) is 11.5 Å². The highest BCUT2D eigenvalue weighted by Gasteiger charge is 2.14. The largest absolute Gasteiger partial charge is 0.481 e. The fourth-order valence-electron chi connectivity index (χ4n) is 1.94. The topological polar surface area (TPSA) is 140 Å². The minimum Gasteiger partial charge on any atom is -0.481 e. The molecule has 0 saturated carbocycles. The molecule has 0 aromatic heterocycles. The van der Waals surface area contributed by atoms with Gasteiger partial charge < -0.3 is 14.6 Å². The standard InChI is InChI=1S/C17H15N3O7/c21-16(10-26-15-8-4-2-6-13(15)20(24)25)19-18-9-12-5-1-3-7-14(12)27-11-17(22)23/h1-9H,10-11H2,(H,19,21)(H,22,23)/b18-9+. The second kappa shape index (κ2) is 9.51. The maximum absolute atomic E-state index is 11.8. The Balaban J connectivity index is 1.91. The lowest BCUT2D eigenvalue weighted by molar-refractivity contribution is -0.385. The molecule has 2 N–H and O–H groups in total. The van der Waals surface area contributed by atoms with Crippen LogP contribution in [-0.2, 0) is 9.59 Å². The Morgan fingerprint density at radius 1 is 1.07 bits per heavy atom. The molecule has 0 radical (unpaired) electrons. The van der Waals surface area contributed by atoms with E-state index in [1.165, 1.54) is 24.4 Å². The van der Waals surface area contributed by atoms with Gasteiger partial charge in [0.25, 0.3) is 5.91 Å². The van der Waals surface area contributed by atoms with Crippen molar-refractivity contribution >= 4 is 23.8 Å². The number of carboxylic acids is 1. The molecule has 0 bridgehead atoms. The van der Waals surface area contributed by atoms with Crippen LogP contribution in [0.1, 0.15) is 5.56 Å². The third-order valence-electron chi connectivity index (χ3n) is 3.08. The molecule has 27 heavy (non-hydrogen) atoms. The number of benzene rings is 2. The number of nitrogens with one attached hydrogen (secondary N) is 1. The zero-order valence-electron chi connectivity index (χ0n) is 13.9. The Bertz CT molecular complexity index is 867. The average Bonchev–Trinajstić information content (AvgIpc) is 2.65. The number of aliphatic carboxylic acids is 1. The first-order valence-electron chi connectivity index (χ1n) is 7.59. The third-order valence-corrected chi connectivity index (χ3v) is 3.08. The minimum absolute atomic E-state index is 0.0333. The first-order valence-corrected chi connectivity index (χ1v) is 7.59. The van der Waals surface area contributed by atoms with Gasteiger partial charge in [-0.2, -0.15) is 5.10 Å². The number of nitro benzene ring substituents is 1. The first kappa shape index (κ1) is 19.4. The van der Waals surface area contributed by atoms with Gasteiger partial charge in [-0.25, -0.2) is 10.2 Å². The summed E-state index contributed by atoms with van der Waals surface area (Å²) in [6, 6.07) is 12.2. The molecular formula is C17H15N3O7. The van der Waals surface area contributed by atoms with Crippen LogP contribution >= 0.6 is 0 Å². The second-order valence-corrected chi connectivity index (χ2v) is 5.03. The van der Waals surface area contributed by atoms with Gasteiger partial charge in [0.05, 0.1) is 11.1 Å². The SMILES string of the molecule is O=C(O)COc1ccccc1/C=N/NC(=O)COc1ccccc1[N+](=O)[O-]. The Morgan fingerprint density at radius 3 is 2.41 bits per heavy atom. The van der Waals surface area contributed by atoms with Crippen LogP contribution in [0.3, 0.4) is 0 Å². The number of ether oxygens (including phenoxy) is 2. The summed E-state index contributed by atoms with van der Waals surface area (Å²) >= 11 is 0. The summed E-state index contributed by atoms with van der Waals surface area (Å²) in [6.07, 6.45) is 1.28. The predicted molar refractivity (Wildman–Crippen MR) is 93.9 cm³/mol. The van der Waals surface area contributed by atoms with Crippen molar-refractivity contribution in [3.8, 4) is 11.5 Å². The van der Waals surface area contributed by atoms with Crippen molar-refractivity contribution in [2.45, 2.75) is 0 Å². The molecule has 0 spiro atoms. The van der Waals surface area contributed by atoms with Crippen molar-refractivity contribution in [1.82, 2.24) is 5.43 Å². The smallest absolute Gasteiger partial charge is 0.341 e. The lowest BCUT2D eigenvalue weighted by Crippen LogP contribution is -2.24. The predicted octanol–water partition coefficient (Wildman–Crippen LogP) is 1.59. The number of hydrogen-bond acceptors (Lipinski definition) is 7. The molecule has 10 heteroatoms. The number of nitro groups is 1. The van der Waals surface area contributed by atoms with Gasteiger partial charge in [-0.15, -0.1) is 0 Å². The summed E-state index contributed by atoms with van der Waals surface area (Å²) in [5.41, 5.74) is 2.41. The highest BCUT2D eigenvalue weighted by molar-refractivity contribution is 5.85. The summed E-state index contributed by atoms with van der Waals surface area (Å²) in [4.78, 5) is 32.6. The van der Waals surface area contributed by atoms with E-state index in [0.29, 0.717) is 5.56 Å². The molecule has 0 aliphatic carbocycles. The zero-order valence-corrected chi connectivity index (χ0v) is 13.9. The normalized spacial score (nSPS) is 10.4. The Morgan fingerprint density at radius 2 is 1.70 bits per heavy atom. The van der Waals surface area contributed by atoms with Gasteiger partial charge in [0.15, 0.2) is 19.0 Å². The Labute approximate surface area is 153 Å². The number of amides is 1. The maximum atomic E-state index is 11.8. The fourth-order valence-corrected chi connectivity index (χ4v) is 1.94. The van der Waals surface area contributed by atoms with Crippen LogP contribution in [0, 0.1) is 10.1 Å². The average molecular weight is 373 g/mol. The van der Waals surface area contributed by atoms with Crippen LogP contribution in [-0.4, -0.2) is 41.3 Å². The number of hydrazone groups is 1. The molecule has 2 aromatic carbocycles. The van der Waals surface area contributed by atoms with Crippen molar-refractivity contribution in [3.63, 3.8) is 0 Å². The number of carbonyl (C=O) groups is 2. The van der Waals surface area contributed by atoms with E-state index in [9.17, 15) is 19.7 Å². The monoisotopic (exact) mass is 373 g/mol. The molecule has 1 amide bonds. The van der Waals surface area contributed by atoms with Crippen molar-refractivity contribution in [2.75, 3.05) is 13.2 Å². The number of carboxylic acid groups (broad SMARTS) is 1. The van der Waals surface area contributed by atoms with E-state index in [4.69, 9.17) is 14.6 Å². The number of para-hydroxylation sites is 3. The Kier molecular flexibility index (Phi) is 6.83. The van der Waals surface area contributed by atoms with E-state index in [1.807, 2.05) is 0 Å². The molecule has 2 aromatic rings. The zero-order chi connectivity index (χ0) is 19.6. The van der Waals surface area contributed by atoms with Crippen LogP contribution in [0.2, 0.25) is 0 Å². The molecular weight excluding hydrogens is 358 g/mol.